The van der Waals surface area contributed by atoms with Gasteiger partial charge in [-0.25, -0.2) is 4.98 Å². The van der Waals surface area contributed by atoms with Crippen molar-refractivity contribution in [3.63, 3.8) is 0 Å². The van der Waals surface area contributed by atoms with Gasteiger partial charge >= 0.3 is 26.2 Å². The predicted molar refractivity (Wildman–Crippen MR) is 259 cm³/mol. The summed E-state index contributed by atoms with van der Waals surface area (Å²) in [6.07, 6.45) is 15.5. The van der Waals surface area contributed by atoms with Crippen molar-refractivity contribution in [1.29, 1.82) is 0 Å². The molecule has 0 radical (unpaired) electrons. The fourth-order valence-corrected chi connectivity index (χ4v) is 14.9. The maximum absolute atomic E-state index is 12.6. The van der Waals surface area contributed by atoms with Crippen LogP contribution < -0.4 is 0 Å². The second-order valence-electron chi connectivity index (χ2n) is 23.2. The van der Waals surface area contributed by atoms with E-state index in [2.05, 4.69) is 133 Å². The summed E-state index contributed by atoms with van der Waals surface area (Å²) in [6, 6.07) is 32.8. The Morgan fingerprint density at radius 1 is 0.429 bits per heavy atom. The molecule has 0 atom stereocenters. The van der Waals surface area contributed by atoms with Crippen molar-refractivity contribution in [2.45, 2.75) is 140 Å². The van der Waals surface area contributed by atoms with Gasteiger partial charge in [-0.05, 0) is 181 Å². The molecule has 3 nitrogen and oxygen atoms in total. The van der Waals surface area contributed by atoms with Crippen LogP contribution in [0.5, 0.6) is 11.5 Å². The van der Waals surface area contributed by atoms with Gasteiger partial charge in [0.15, 0.2) is 0 Å². The minimum atomic E-state index is -0.0677. The van der Waals surface area contributed by atoms with Crippen molar-refractivity contribution in [3.8, 4) is 56.3 Å². The van der Waals surface area contributed by atoms with Crippen LogP contribution in [0.3, 0.4) is 0 Å². The van der Waals surface area contributed by atoms with Gasteiger partial charge < -0.3 is 25.1 Å². The number of phenolic OH excluding ortho intramolecular Hbond substituents is 2. The molecule has 2 N–H and O–H groups in total. The molecule has 0 amide bonds. The minimum Gasteiger partial charge on any atom is -0.507 e. The molecule has 4 heteroatoms. The Balaban J connectivity index is 0.00000181. The van der Waals surface area contributed by atoms with Gasteiger partial charge in [0.2, 0.25) is 0 Å². The van der Waals surface area contributed by atoms with Crippen molar-refractivity contribution >= 4 is 0 Å². The van der Waals surface area contributed by atoms with Gasteiger partial charge in [-0.2, -0.15) is 0 Å². The molecule has 1 heterocycles. The van der Waals surface area contributed by atoms with Gasteiger partial charge in [0.05, 0.1) is 11.4 Å². The van der Waals surface area contributed by atoms with Crippen molar-refractivity contribution < 1.29 is 36.4 Å². The van der Waals surface area contributed by atoms with E-state index in [0.29, 0.717) is 11.5 Å². The molecule has 8 bridgehead atoms. The molecule has 8 fully saturated rings. The number of phenols is 2. The molecule has 4 aromatic carbocycles. The van der Waals surface area contributed by atoms with E-state index >= 15 is 0 Å². The minimum absolute atomic E-state index is 0. The van der Waals surface area contributed by atoms with Crippen LogP contribution in [0, 0.1) is 50.4 Å². The molecule has 0 aliphatic heterocycles. The van der Waals surface area contributed by atoms with Gasteiger partial charge in [-0.1, -0.05) is 108 Å². The molecule has 0 unspecified atom stereocenters. The molecule has 0 saturated heterocycles. The van der Waals surface area contributed by atoms with E-state index < -0.39 is 0 Å². The van der Waals surface area contributed by atoms with Crippen molar-refractivity contribution in [2.24, 2.45) is 35.5 Å². The Kier molecular flexibility index (Phi) is 12.0. The van der Waals surface area contributed by atoms with Crippen LogP contribution >= 0.6 is 0 Å². The topological polar surface area (TPSA) is 53.4 Å². The first-order chi connectivity index (χ1) is 28.6. The Bertz CT molecular complexity index is 2280. The summed E-state index contributed by atoms with van der Waals surface area (Å²) in [6.45, 7) is 13.8. The summed E-state index contributed by atoms with van der Waals surface area (Å²) in [5, 5.41) is 25.2. The van der Waals surface area contributed by atoms with E-state index in [1.54, 1.807) is 0 Å². The molecular formula is C59H71NO2Zr. The quantitative estimate of drug-likeness (QED) is 0.167. The van der Waals surface area contributed by atoms with Crippen LogP contribution in [-0.4, -0.2) is 15.2 Å². The molecule has 8 saturated carbocycles. The maximum atomic E-state index is 12.6. The maximum Gasteiger partial charge on any atom is 2.00 e. The summed E-state index contributed by atoms with van der Waals surface area (Å²) in [5.41, 5.74) is 12.7. The summed E-state index contributed by atoms with van der Waals surface area (Å²) >= 11 is 0. The number of hydrogen-bond donors (Lipinski definition) is 2. The number of hydrogen-bond acceptors (Lipinski definition) is 3. The third kappa shape index (κ3) is 7.83. The largest absolute Gasteiger partial charge is 2.00 e. The zero-order chi connectivity index (χ0) is 41.3. The summed E-state index contributed by atoms with van der Waals surface area (Å²) in [7, 11) is 0. The summed E-state index contributed by atoms with van der Waals surface area (Å²) in [4.78, 5) is 5.48. The molecule has 1 aromatic heterocycles. The number of nitrogens with zero attached hydrogens (tertiary/aromatic N) is 1. The van der Waals surface area contributed by atoms with E-state index in [1.165, 1.54) is 99.3 Å². The van der Waals surface area contributed by atoms with Crippen molar-refractivity contribution in [2.75, 3.05) is 0 Å². The third-order valence-electron chi connectivity index (χ3n) is 16.9. The number of pyridine rings is 1. The van der Waals surface area contributed by atoms with E-state index in [1.807, 2.05) is 0 Å². The van der Waals surface area contributed by atoms with Gasteiger partial charge in [-0.3, -0.25) is 0 Å². The predicted octanol–water partition coefficient (Wildman–Crippen LogP) is 15.6. The normalized spacial score (nSPS) is 28.9. The molecular weight excluding hydrogens is 846 g/mol. The first kappa shape index (κ1) is 46.1. The monoisotopic (exact) mass is 915 g/mol. The molecule has 8 aliphatic carbocycles. The first-order valence-corrected chi connectivity index (χ1v) is 23.6. The van der Waals surface area contributed by atoms with Gasteiger partial charge in [0.25, 0.3) is 0 Å². The molecule has 5 aromatic rings. The fourth-order valence-electron chi connectivity index (χ4n) is 14.9. The van der Waals surface area contributed by atoms with Crippen LogP contribution in [0.4, 0.5) is 0 Å². The second kappa shape index (κ2) is 16.4. The van der Waals surface area contributed by atoms with E-state index in [9.17, 15) is 10.2 Å². The molecule has 63 heavy (non-hydrogen) atoms. The Labute approximate surface area is 399 Å². The average molecular weight is 917 g/mol. The van der Waals surface area contributed by atoms with Crippen LogP contribution in [0.25, 0.3) is 44.8 Å². The van der Waals surface area contributed by atoms with Crippen molar-refractivity contribution in [3.05, 3.63) is 128 Å². The van der Waals surface area contributed by atoms with Gasteiger partial charge in [0.1, 0.15) is 11.5 Å². The Morgan fingerprint density at radius 3 is 1.03 bits per heavy atom. The zero-order valence-electron chi connectivity index (χ0n) is 39.5. The average Bonchev–Trinajstić information content (AvgIpc) is 3.19. The number of rotatable bonds is 6. The number of aromatic nitrogens is 1. The fraction of sp³-hybridized carbons (Fsp3) is 0.475. The van der Waals surface area contributed by atoms with E-state index in [-0.39, 0.29) is 62.7 Å². The van der Waals surface area contributed by atoms with Crippen LogP contribution in [0.1, 0.15) is 141 Å². The first-order valence-electron chi connectivity index (χ1n) is 23.6. The van der Waals surface area contributed by atoms with E-state index in [0.717, 1.165) is 80.3 Å². The molecule has 328 valence electrons. The SMILES string of the molecule is CC(C)(C)c1cc(-c2ccccc2-c2cccc(-c3ccccc3-c3cc(C(C)(C)C)cc(C45CC6CC(CC(C6)C4)C5)c3O)n2)c(O)c(C23CC4CC(CC(C4)C2)C3)c1.[CH3-].[CH3-].[Zr+2]. The van der Waals surface area contributed by atoms with Crippen LogP contribution in [0.15, 0.2) is 91.0 Å². The Morgan fingerprint density at radius 2 is 0.730 bits per heavy atom. The van der Waals surface area contributed by atoms with Crippen LogP contribution in [0.2, 0.25) is 0 Å². The number of benzene rings is 4. The van der Waals surface area contributed by atoms with Gasteiger partial charge in [0, 0.05) is 33.4 Å². The summed E-state index contributed by atoms with van der Waals surface area (Å²) < 4.78 is 0. The van der Waals surface area contributed by atoms with Crippen LogP contribution in [-0.2, 0) is 47.9 Å². The van der Waals surface area contributed by atoms with Gasteiger partial charge in [-0.15, -0.1) is 0 Å². The molecule has 8 aliphatic rings. The number of aromatic hydroxyl groups is 2. The van der Waals surface area contributed by atoms with Crippen molar-refractivity contribution in [1.82, 2.24) is 4.98 Å². The Hall–Kier alpha value is -3.49. The zero-order valence-corrected chi connectivity index (χ0v) is 41.9. The second-order valence-corrected chi connectivity index (χ2v) is 23.2. The van der Waals surface area contributed by atoms with E-state index in [4.69, 9.17) is 4.98 Å². The third-order valence-corrected chi connectivity index (χ3v) is 16.9. The molecule has 13 rings (SSSR count). The smallest absolute Gasteiger partial charge is 0.507 e. The molecule has 0 spiro atoms. The standard InChI is InChI=1S/C57H65NO2.2CH3.Zr/c1-54(2,3)40-24-46(52(59)48(26-40)56-28-34-18-35(29-56)20-36(19-34)30-56)42-12-7-9-14-44(42)50-16-11-17-51(58-50)45-15-10-8-13-43(45)47-25-41(55(4,5)6)27-49(53(47)60)57-31-37-21-38(32-57)23-39(22-37)33-57;;;/h7-17,24-27,34-39,59-60H,18-23,28-33H2,1-6H3;2*1H3;/q;2*-1;+2. The summed E-state index contributed by atoms with van der Waals surface area (Å²) in [5.74, 6) is 5.71.